The first kappa shape index (κ1) is 15.9. The van der Waals surface area contributed by atoms with Crippen LogP contribution in [0.4, 0.5) is 11.4 Å². The smallest absolute Gasteiger partial charge is 0.256 e. The zero-order valence-corrected chi connectivity index (χ0v) is 14.1. The van der Waals surface area contributed by atoms with Gasteiger partial charge in [0.25, 0.3) is 5.91 Å². The molecule has 0 atom stereocenters. The monoisotopic (exact) mass is 364 g/mol. The molecule has 0 saturated heterocycles. The molecule has 3 nitrogen and oxygen atoms in total. The Balaban J connectivity index is 2.19. The first-order valence-electron chi connectivity index (χ1n) is 6.70. The van der Waals surface area contributed by atoms with Crippen LogP contribution in [0.1, 0.15) is 23.7 Å². The molecule has 2 rings (SSSR count). The highest BCUT2D eigenvalue weighted by Gasteiger charge is 2.11. The molecule has 0 heterocycles. The summed E-state index contributed by atoms with van der Waals surface area (Å²) in [5.74, 6) is 0.869. The third-order valence-corrected chi connectivity index (χ3v) is 4.76. The lowest BCUT2D eigenvalue weighted by atomic mass is 10.2. The molecular formula is C16H17BrN2OS. The van der Waals surface area contributed by atoms with E-state index in [1.54, 1.807) is 17.8 Å². The molecule has 5 heteroatoms. The summed E-state index contributed by atoms with van der Waals surface area (Å²) in [6.45, 7) is 2.14. The van der Waals surface area contributed by atoms with Gasteiger partial charge in [0.1, 0.15) is 0 Å². The molecule has 0 saturated carbocycles. The Labute approximate surface area is 137 Å². The number of halogens is 1. The van der Waals surface area contributed by atoms with Gasteiger partial charge in [-0.15, -0.1) is 11.8 Å². The number of hydrogen-bond donors (Lipinski definition) is 2. The number of thioether (sulfide) groups is 1. The Morgan fingerprint density at radius 3 is 2.76 bits per heavy atom. The third kappa shape index (κ3) is 4.25. The van der Waals surface area contributed by atoms with E-state index in [9.17, 15) is 4.79 Å². The van der Waals surface area contributed by atoms with E-state index in [2.05, 4.69) is 28.2 Å². The summed E-state index contributed by atoms with van der Waals surface area (Å²) in [6.07, 6.45) is 1.10. The number of benzene rings is 2. The van der Waals surface area contributed by atoms with Crippen LogP contribution in [-0.4, -0.2) is 11.7 Å². The average Bonchev–Trinajstić information content (AvgIpc) is 2.48. The second-order valence-corrected chi connectivity index (χ2v) is 6.55. The fourth-order valence-corrected chi connectivity index (χ4v) is 3.06. The van der Waals surface area contributed by atoms with E-state index in [1.165, 1.54) is 0 Å². The molecule has 0 fully saturated rings. The van der Waals surface area contributed by atoms with Crippen molar-refractivity contribution >= 4 is 45.0 Å². The predicted octanol–water partition coefficient (Wildman–Crippen LogP) is 4.79. The molecule has 2 aromatic carbocycles. The molecule has 0 aliphatic heterocycles. The van der Waals surface area contributed by atoms with Crippen LogP contribution < -0.4 is 11.1 Å². The van der Waals surface area contributed by atoms with Gasteiger partial charge in [0.15, 0.2) is 0 Å². The standard InChI is InChI=1S/C16H17BrN2OS/c1-2-9-21-11-7-8-14(18)15(10-11)19-16(20)12-5-3-4-6-13(12)17/h3-8,10H,2,9,18H2,1H3,(H,19,20). The topological polar surface area (TPSA) is 55.1 Å². The molecule has 110 valence electrons. The number of rotatable bonds is 5. The fraction of sp³-hybridized carbons (Fsp3) is 0.188. The lowest BCUT2D eigenvalue weighted by Gasteiger charge is -2.11. The molecule has 0 aromatic heterocycles. The highest BCUT2D eigenvalue weighted by Crippen LogP contribution is 2.28. The number of nitrogens with one attached hydrogen (secondary N) is 1. The number of amides is 1. The van der Waals surface area contributed by atoms with Crippen molar-refractivity contribution in [3.63, 3.8) is 0 Å². The summed E-state index contributed by atoms with van der Waals surface area (Å²) in [5.41, 5.74) is 7.75. The Kier molecular flexibility index (Phi) is 5.70. The van der Waals surface area contributed by atoms with Gasteiger partial charge in [-0.05, 0) is 58.4 Å². The highest BCUT2D eigenvalue weighted by molar-refractivity contribution is 9.10. The van der Waals surface area contributed by atoms with Gasteiger partial charge in [-0.1, -0.05) is 19.1 Å². The first-order chi connectivity index (χ1) is 10.1. The van der Waals surface area contributed by atoms with Crippen LogP contribution in [0.2, 0.25) is 0 Å². The van der Waals surface area contributed by atoms with Crippen molar-refractivity contribution in [1.29, 1.82) is 0 Å². The maximum absolute atomic E-state index is 12.3. The van der Waals surface area contributed by atoms with Crippen LogP contribution >= 0.6 is 27.7 Å². The van der Waals surface area contributed by atoms with Gasteiger partial charge in [-0.3, -0.25) is 4.79 Å². The fourth-order valence-electron chi connectivity index (χ4n) is 1.79. The van der Waals surface area contributed by atoms with E-state index < -0.39 is 0 Å². The quantitative estimate of drug-likeness (QED) is 0.592. The number of anilines is 2. The summed E-state index contributed by atoms with van der Waals surface area (Å²) < 4.78 is 0.762. The van der Waals surface area contributed by atoms with Crippen LogP contribution in [0.15, 0.2) is 51.8 Å². The van der Waals surface area contributed by atoms with Gasteiger partial charge in [0.2, 0.25) is 0 Å². The maximum atomic E-state index is 12.3. The van der Waals surface area contributed by atoms with Crippen LogP contribution in [0.5, 0.6) is 0 Å². The Morgan fingerprint density at radius 1 is 1.29 bits per heavy atom. The van der Waals surface area contributed by atoms with Gasteiger partial charge in [0.05, 0.1) is 16.9 Å². The molecule has 2 aromatic rings. The maximum Gasteiger partial charge on any atom is 0.256 e. The molecule has 0 radical (unpaired) electrons. The zero-order valence-electron chi connectivity index (χ0n) is 11.7. The minimum atomic E-state index is -0.174. The van der Waals surface area contributed by atoms with Crippen LogP contribution in [0.25, 0.3) is 0 Å². The molecule has 0 aliphatic carbocycles. The van der Waals surface area contributed by atoms with Gasteiger partial charge >= 0.3 is 0 Å². The first-order valence-corrected chi connectivity index (χ1v) is 8.48. The van der Waals surface area contributed by atoms with Gasteiger partial charge in [0, 0.05) is 9.37 Å². The van der Waals surface area contributed by atoms with Gasteiger partial charge in [-0.25, -0.2) is 0 Å². The number of carbonyl (C=O) groups excluding carboxylic acids is 1. The van der Waals surface area contributed by atoms with Crippen LogP contribution in [0.3, 0.4) is 0 Å². The number of hydrogen-bond acceptors (Lipinski definition) is 3. The Morgan fingerprint density at radius 2 is 2.05 bits per heavy atom. The second-order valence-electron chi connectivity index (χ2n) is 4.53. The van der Waals surface area contributed by atoms with Crippen LogP contribution in [-0.2, 0) is 0 Å². The lowest BCUT2D eigenvalue weighted by Crippen LogP contribution is -2.13. The average molecular weight is 365 g/mol. The van der Waals surface area contributed by atoms with Crippen molar-refractivity contribution in [1.82, 2.24) is 0 Å². The van der Waals surface area contributed by atoms with Crippen LogP contribution in [0, 0.1) is 0 Å². The van der Waals surface area contributed by atoms with E-state index in [-0.39, 0.29) is 5.91 Å². The summed E-state index contributed by atoms with van der Waals surface area (Å²) >= 11 is 5.13. The molecule has 21 heavy (non-hydrogen) atoms. The second kappa shape index (κ2) is 7.52. The summed E-state index contributed by atoms with van der Waals surface area (Å²) in [5, 5.41) is 2.88. The predicted molar refractivity (Wildman–Crippen MR) is 94.0 cm³/mol. The molecule has 0 bridgehead atoms. The van der Waals surface area contributed by atoms with Crippen molar-refractivity contribution in [2.24, 2.45) is 0 Å². The molecule has 1 amide bonds. The molecule has 3 N–H and O–H groups in total. The van der Waals surface area contributed by atoms with Crippen molar-refractivity contribution in [3.05, 3.63) is 52.5 Å². The SMILES string of the molecule is CCCSc1ccc(N)c(NC(=O)c2ccccc2Br)c1. The molecule has 0 aliphatic rings. The van der Waals surface area contributed by atoms with Crippen molar-refractivity contribution in [2.45, 2.75) is 18.2 Å². The van der Waals surface area contributed by atoms with E-state index in [0.29, 0.717) is 16.9 Å². The van der Waals surface area contributed by atoms with Crippen molar-refractivity contribution in [2.75, 3.05) is 16.8 Å². The van der Waals surface area contributed by atoms with Gasteiger partial charge < -0.3 is 11.1 Å². The van der Waals surface area contributed by atoms with E-state index in [4.69, 9.17) is 5.73 Å². The van der Waals surface area contributed by atoms with Gasteiger partial charge in [-0.2, -0.15) is 0 Å². The number of nitrogens with two attached hydrogens (primary N) is 1. The Bertz CT molecular complexity index is 646. The minimum Gasteiger partial charge on any atom is -0.397 e. The van der Waals surface area contributed by atoms with E-state index in [0.717, 1.165) is 21.5 Å². The molecular weight excluding hydrogens is 348 g/mol. The normalized spacial score (nSPS) is 10.4. The summed E-state index contributed by atoms with van der Waals surface area (Å²) in [6, 6.07) is 13.0. The highest BCUT2D eigenvalue weighted by atomic mass is 79.9. The molecule has 0 unspecified atom stereocenters. The largest absolute Gasteiger partial charge is 0.397 e. The Hall–Kier alpha value is -1.46. The van der Waals surface area contributed by atoms with E-state index in [1.807, 2.05) is 36.4 Å². The minimum absolute atomic E-state index is 0.174. The van der Waals surface area contributed by atoms with Crippen molar-refractivity contribution < 1.29 is 4.79 Å². The number of carbonyl (C=O) groups is 1. The van der Waals surface area contributed by atoms with Crippen molar-refractivity contribution in [3.8, 4) is 0 Å². The lowest BCUT2D eigenvalue weighted by molar-refractivity contribution is 0.102. The summed E-state index contributed by atoms with van der Waals surface area (Å²) in [4.78, 5) is 13.4. The van der Waals surface area contributed by atoms with E-state index >= 15 is 0 Å². The number of nitrogen functional groups attached to an aromatic ring is 1. The molecule has 0 spiro atoms. The third-order valence-electron chi connectivity index (χ3n) is 2.86. The summed E-state index contributed by atoms with van der Waals surface area (Å²) in [7, 11) is 0. The zero-order chi connectivity index (χ0) is 15.2.